The molecule has 6 nitrogen and oxygen atoms in total. The lowest BCUT2D eigenvalue weighted by atomic mass is 10.0. The summed E-state index contributed by atoms with van der Waals surface area (Å²) in [7, 11) is 2.35. The monoisotopic (exact) mass is 248 g/mol. The van der Waals surface area contributed by atoms with E-state index in [-0.39, 0.29) is 19.1 Å². The smallest absolute Gasteiger partial charge is 0.320 e. The zero-order valence-corrected chi connectivity index (χ0v) is 10.6. The third kappa shape index (κ3) is 6.23. The van der Waals surface area contributed by atoms with Crippen LogP contribution in [0.3, 0.4) is 0 Å². The van der Waals surface area contributed by atoms with Gasteiger partial charge in [0.15, 0.2) is 5.92 Å². The van der Waals surface area contributed by atoms with Crippen molar-refractivity contribution in [3.63, 3.8) is 0 Å². The highest BCUT2D eigenvalue weighted by Gasteiger charge is 2.31. The van der Waals surface area contributed by atoms with Crippen molar-refractivity contribution in [1.82, 2.24) is 0 Å². The molecule has 0 spiro atoms. The predicted octanol–water partition coefficient (Wildman–Crippen LogP) is 0.125. The van der Waals surface area contributed by atoms with Crippen molar-refractivity contribution in [3.8, 4) is 0 Å². The number of esters is 2. The molecule has 100 valence electrons. The van der Waals surface area contributed by atoms with Gasteiger partial charge in [0.05, 0.1) is 33.0 Å². The lowest BCUT2D eigenvalue weighted by Gasteiger charge is -2.17. The van der Waals surface area contributed by atoms with Crippen molar-refractivity contribution in [2.45, 2.75) is 32.5 Å². The van der Waals surface area contributed by atoms with Gasteiger partial charge in [0.1, 0.15) is 0 Å². The molecule has 17 heavy (non-hydrogen) atoms. The summed E-state index contributed by atoms with van der Waals surface area (Å²) in [6.07, 6.45) is -1.02. The number of ether oxygens (including phenoxy) is 3. The van der Waals surface area contributed by atoms with Crippen molar-refractivity contribution in [2.75, 3.05) is 20.8 Å². The van der Waals surface area contributed by atoms with Crippen molar-refractivity contribution in [1.29, 1.82) is 0 Å². The molecule has 6 heteroatoms. The van der Waals surface area contributed by atoms with E-state index >= 15 is 0 Å². The highest BCUT2D eigenvalue weighted by Crippen LogP contribution is 2.12. The summed E-state index contributed by atoms with van der Waals surface area (Å²) >= 11 is 0. The number of carbonyl (C=O) groups excluding carboxylic acids is 2. The van der Waals surface area contributed by atoms with Crippen LogP contribution in [0, 0.1) is 5.92 Å². The number of carbonyl (C=O) groups is 2. The summed E-state index contributed by atoms with van der Waals surface area (Å²) in [4.78, 5) is 22.6. The third-order valence-corrected chi connectivity index (χ3v) is 2.10. The maximum Gasteiger partial charge on any atom is 0.320 e. The normalized spacial score (nSPS) is 12.6. The first-order valence-corrected chi connectivity index (χ1v) is 5.37. The zero-order valence-electron chi connectivity index (χ0n) is 10.6. The number of methoxy groups -OCH3 is 2. The molecule has 0 aliphatic heterocycles. The van der Waals surface area contributed by atoms with Crippen molar-refractivity contribution in [2.24, 2.45) is 5.92 Å². The summed E-state index contributed by atoms with van der Waals surface area (Å²) in [6, 6.07) is 0. The molecule has 1 N–H and O–H groups in total. The molecule has 0 aromatic carbocycles. The average molecular weight is 248 g/mol. The second-order valence-corrected chi connectivity index (χ2v) is 3.87. The standard InChI is InChI=1S/C11H20O6/c1-7(2)17-6-8(12)5-9(10(13)15-3)11(14)16-4/h7-9,12H,5-6H2,1-4H3. The molecule has 0 amide bonds. The lowest BCUT2D eigenvalue weighted by Crippen LogP contribution is -2.32. The first-order valence-electron chi connectivity index (χ1n) is 5.37. The quantitative estimate of drug-likeness (QED) is 0.509. The second kappa shape index (κ2) is 8.03. The van der Waals surface area contributed by atoms with E-state index in [2.05, 4.69) is 9.47 Å². The van der Waals surface area contributed by atoms with Gasteiger partial charge >= 0.3 is 11.9 Å². The van der Waals surface area contributed by atoms with Gasteiger partial charge in [0.2, 0.25) is 0 Å². The summed E-state index contributed by atoms with van der Waals surface area (Å²) in [6.45, 7) is 3.71. The van der Waals surface area contributed by atoms with E-state index in [1.165, 1.54) is 14.2 Å². The van der Waals surface area contributed by atoms with Crippen LogP contribution in [0.4, 0.5) is 0 Å². The Morgan fingerprint density at radius 2 is 1.59 bits per heavy atom. The largest absolute Gasteiger partial charge is 0.468 e. The van der Waals surface area contributed by atoms with Crippen LogP contribution in [0.25, 0.3) is 0 Å². The van der Waals surface area contributed by atoms with Crippen LogP contribution in [-0.2, 0) is 23.8 Å². The molecule has 0 heterocycles. The van der Waals surface area contributed by atoms with Gasteiger partial charge in [0.25, 0.3) is 0 Å². The average Bonchev–Trinajstić information content (AvgIpc) is 2.31. The molecular weight excluding hydrogens is 228 g/mol. The zero-order chi connectivity index (χ0) is 13.4. The predicted molar refractivity (Wildman–Crippen MR) is 59.2 cm³/mol. The van der Waals surface area contributed by atoms with E-state index in [0.717, 1.165) is 0 Å². The molecule has 0 aliphatic rings. The Balaban J connectivity index is 4.33. The minimum atomic E-state index is -1.12. The highest BCUT2D eigenvalue weighted by molar-refractivity contribution is 5.94. The molecule has 0 aromatic heterocycles. The fourth-order valence-electron chi connectivity index (χ4n) is 1.22. The molecule has 0 bridgehead atoms. The van der Waals surface area contributed by atoms with Crippen LogP contribution < -0.4 is 0 Å². The van der Waals surface area contributed by atoms with Crippen molar-refractivity contribution in [3.05, 3.63) is 0 Å². The van der Waals surface area contributed by atoms with Crippen LogP contribution in [-0.4, -0.2) is 50.1 Å². The number of aliphatic hydroxyl groups is 1. The van der Waals surface area contributed by atoms with Gasteiger partial charge < -0.3 is 19.3 Å². The van der Waals surface area contributed by atoms with Gasteiger partial charge in [-0.3, -0.25) is 9.59 Å². The summed E-state index contributed by atoms with van der Waals surface area (Å²) in [5, 5.41) is 9.62. The molecule has 0 fully saturated rings. The molecule has 0 radical (unpaired) electrons. The summed E-state index contributed by atoms with van der Waals surface area (Å²) < 4.78 is 14.1. The van der Waals surface area contributed by atoms with E-state index in [1.54, 1.807) is 0 Å². The Morgan fingerprint density at radius 1 is 1.12 bits per heavy atom. The van der Waals surface area contributed by atoms with Gasteiger partial charge in [-0.2, -0.15) is 0 Å². The van der Waals surface area contributed by atoms with Crippen LogP contribution in [0.1, 0.15) is 20.3 Å². The molecule has 0 rings (SSSR count). The van der Waals surface area contributed by atoms with Gasteiger partial charge in [-0.25, -0.2) is 0 Å². The Labute approximate surface area is 101 Å². The van der Waals surface area contributed by atoms with Crippen molar-refractivity contribution < 1.29 is 28.9 Å². The van der Waals surface area contributed by atoms with E-state index in [1.807, 2.05) is 13.8 Å². The lowest BCUT2D eigenvalue weighted by molar-refractivity contribution is -0.160. The molecular formula is C11H20O6. The summed E-state index contributed by atoms with van der Waals surface area (Å²) in [5.74, 6) is -2.56. The summed E-state index contributed by atoms with van der Waals surface area (Å²) in [5.41, 5.74) is 0. The van der Waals surface area contributed by atoms with Crippen LogP contribution in [0.2, 0.25) is 0 Å². The highest BCUT2D eigenvalue weighted by atomic mass is 16.5. The number of rotatable bonds is 7. The van der Waals surface area contributed by atoms with Gasteiger partial charge in [0, 0.05) is 0 Å². The van der Waals surface area contributed by atoms with Gasteiger partial charge in [-0.05, 0) is 20.3 Å². The maximum absolute atomic E-state index is 11.3. The fourth-order valence-corrected chi connectivity index (χ4v) is 1.22. The minimum Gasteiger partial charge on any atom is -0.468 e. The van der Waals surface area contributed by atoms with E-state index in [0.29, 0.717) is 0 Å². The SMILES string of the molecule is COC(=O)C(CC(O)COC(C)C)C(=O)OC. The van der Waals surface area contributed by atoms with Crippen LogP contribution in [0.5, 0.6) is 0 Å². The fraction of sp³-hybridized carbons (Fsp3) is 0.818. The molecule has 0 saturated heterocycles. The molecule has 0 aromatic rings. The minimum absolute atomic E-state index is 0.0284. The number of hydrogen-bond donors (Lipinski definition) is 1. The number of aliphatic hydroxyl groups excluding tert-OH is 1. The first-order chi connectivity index (χ1) is 7.92. The Morgan fingerprint density at radius 3 is 1.94 bits per heavy atom. The first kappa shape index (κ1) is 15.9. The topological polar surface area (TPSA) is 82.1 Å². The Kier molecular flexibility index (Phi) is 7.49. The van der Waals surface area contributed by atoms with Crippen molar-refractivity contribution >= 4 is 11.9 Å². The van der Waals surface area contributed by atoms with E-state index < -0.39 is 24.0 Å². The van der Waals surface area contributed by atoms with Gasteiger partial charge in [-0.15, -0.1) is 0 Å². The van der Waals surface area contributed by atoms with Crippen LogP contribution in [0.15, 0.2) is 0 Å². The van der Waals surface area contributed by atoms with Crippen LogP contribution >= 0.6 is 0 Å². The molecule has 1 atom stereocenters. The second-order valence-electron chi connectivity index (χ2n) is 3.87. The molecule has 0 aliphatic carbocycles. The molecule has 0 saturated carbocycles. The van der Waals surface area contributed by atoms with E-state index in [4.69, 9.17) is 4.74 Å². The maximum atomic E-state index is 11.3. The molecule has 1 unspecified atom stereocenters. The Hall–Kier alpha value is -1.14. The third-order valence-electron chi connectivity index (χ3n) is 2.10. The van der Waals surface area contributed by atoms with E-state index in [9.17, 15) is 14.7 Å². The Bertz CT molecular complexity index is 234. The van der Waals surface area contributed by atoms with Gasteiger partial charge in [-0.1, -0.05) is 0 Å². The number of hydrogen-bond acceptors (Lipinski definition) is 6.